The molecule has 0 spiro atoms. The highest BCUT2D eigenvalue weighted by Gasteiger charge is 2.40. The van der Waals surface area contributed by atoms with Crippen LogP contribution in [0.4, 0.5) is 4.39 Å². The summed E-state index contributed by atoms with van der Waals surface area (Å²) in [7, 11) is 3.61. The first-order valence-electron chi connectivity index (χ1n) is 11.8. The standard InChI is InChI=1S/C26H29ClFN7O/c1-4-34(2)25-20-13-30-12-19(16-5-8-18(28)9-6-16)24(20)32-26(29,33-25)17-7-10-21(22(11-17)36-3)35-14-23(27)31-15-35/h5-11,14-15,19,30,32H,4,12-13,29H2,1-3H3. The van der Waals surface area contributed by atoms with Crippen LogP contribution in [-0.4, -0.2) is 54.1 Å². The maximum atomic E-state index is 13.7. The van der Waals surface area contributed by atoms with Gasteiger partial charge in [-0.3, -0.25) is 5.73 Å². The van der Waals surface area contributed by atoms with Crippen molar-refractivity contribution in [3.05, 3.63) is 88.4 Å². The van der Waals surface area contributed by atoms with E-state index in [1.54, 1.807) is 24.2 Å². The molecule has 0 bridgehead atoms. The summed E-state index contributed by atoms with van der Waals surface area (Å²) in [6, 6.07) is 12.3. The van der Waals surface area contributed by atoms with E-state index in [4.69, 9.17) is 27.1 Å². The Morgan fingerprint density at radius 1 is 1.28 bits per heavy atom. The van der Waals surface area contributed by atoms with E-state index < -0.39 is 5.79 Å². The zero-order valence-corrected chi connectivity index (χ0v) is 21.2. The van der Waals surface area contributed by atoms with Crippen LogP contribution in [0.15, 0.2) is 71.3 Å². The average molecular weight is 510 g/mol. The highest BCUT2D eigenvalue weighted by atomic mass is 35.5. The smallest absolute Gasteiger partial charge is 0.211 e. The molecule has 8 nitrogen and oxygen atoms in total. The van der Waals surface area contributed by atoms with Gasteiger partial charge in [-0.05, 0) is 36.8 Å². The second kappa shape index (κ2) is 9.57. The first-order valence-corrected chi connectivity index (χ1v) is 12.2. The van der Waals surface area contributed by atoms with Gasteiger partial charge in [0, 0.05) is 55.6 Å². The number of amidine groups is 1. The van der Waals surface area contributed by atoms with E-state index in [0.29, 0.717) is 24.0 Å². The molecule has 188 valence electrons. The molecule has 2 aliphatic rings. The van der Waals surface area contributed by atoms with Crippen LogP contribution in [0, 0.1) is 5.82 Å². The number of aliphatic imine (C=N–C) groups is 1. The van der Waals surface area contributed by atoms with Crippen LogP contribution in [-0.2, 0) is 5.79 Å². The minimum Gasteiger partial charge on any atom is -0.495 e. The van der Waals surface area contributed by atoms with Crippen molar-refractivity contribution >= 4 is 17.4 Å². The Morgan fingerprint density at radius 3 is 2.72 bits per heavy atom. The number of hydrogen-bond acceptors (Lipinski definition) is 7. The fraction of sp³-hybridized carbons (Fsp3) is 0.308. The summed E-state index contributed by atoms with van der Waals surface area (Å²) < 4.78 is 21.1. The quantitative estimate of drug-likeness (QED) is 0.488. The molecule has 1 aromatic heterocycles. The summed E-state index contributed by atoms with van der Waals surface area (Å²) in [5, 5.41) is 7.43. The summed E-state index contributed by atoms with van der Waals surface area (Å²) in [6.07, 6.45) is 3.34. The molecule has 0 saturated heterocycles. The van der Waals surface area contributed by atoms with Crippen molar-refractivity contribution in [2.45, 2.75) is 18.6 Å². The highest BCUT2D eigenvalue weighted by Crippen LogP contribution is 2.37. The van der Waals surface area contributed by atoms with Gasteiger partial charge in [0.15, 0.2) is 0 Å². The predicted octanol–water partition coefficient (Wildman–Crippen LogP) is 3.34. The number of aromatic nitrogens is 2. The van der Waals surface area contributed by atoms with Crippen LogP contribution in [0.3, 0.4) is 0 Å². The lowest BCUT2D eigenvalue weighted by molar-refractivity contribution is 0.350. The number of nitrogens with two attached hydrogens (primary N) is 1. The fourth-order valence-corrected chi connectivity index (χ4v) is 4.87. The molecule has 36 heavy (non-hydrogen) atoms. The minimum atomic E-state index is -1.24. The number of benzene rings is 2. The lowest BCUT2D eigenvalue weighted by Gasteiger charge is -2.42. The van der Waals surface area contributed by atoms with E-state index in [1.165, 1.54) is 12.1 Å². The fourth-order valence-electron chi connectivity index (χ4n) is 4.72. The van der Waals surface area contributed by atoms with Gasteiger partial charge in [-0.15, -0.1) is 0 Å². The van der Waals surface area contributed by atoms with Gasteiger partial charge in [-0.2, -0.15) is 0 Å². The second-order valence-electron chi connectivity index (χ2n) is 8.96. The number of rotatable bonds is 5. The Bertz CT molecular complexity index is 1340. The van der Waals surface area contributed by atoms with Crippen molar-refractivity contribution < 1.29 is 9.13 Å². The third kappa shape index (κ3) is 4.34. The van der Waals surface area contributed by atoms with E-state index >= 15 is 0 Å². The Morgan fingerprint density at radius 2 is 2.06 bits per heavy atom. The third-order valence-electron chi connectivity index (χ3n) is 6.76. The molecule has 0 fully saturated rings. The molecular formula is C26H29ClFN7O. The molecule has 3 aromatic rings. The first-order chi connectivity index (χ1) is 17.3. The SMILES string of the molecule is CCN(C)C1=NC(N)(c2ccc(-n3cnc(Cl)c3)c(OC)c2)NC2=C1CNCC2c1ccc(F)cc1. The number of ether oxygens (including phenoxy) is 1. The van der Waals surface area contributed by atoms with Gasteiger partial charge in [0.1, 0.15) is 28.9 Å². The number of methoxy groups -OCH3 is 1. The monoisotopic (exact) mass is 509 g/mol. The molecule has 2 atom stereocenters. The molecule has 2 aromatic carbocycles. The molecule has 0 amide bonds. The summed E-state index contributed by atoms with van der Waals surface area (Å²) in [6.45, 7) is 4.19. The molecule has 2 aliphatic heterocycles. The molecule has 4 N–H and O–H groups in total. The van der Waals surface area contributed by atoms with E-state index in [9.17, 15) is 4.39 Å². The Labute approximate surface area is 214 Å². The zero-order chi connectivity index (χ0) is 25.4. The van der Waals surface area contributed by atoms with Crippen molar-refractivity contribution in [3.63, 3.8) is 0 Å². The van der Waals surface area contributed by atoms with Crippen molar-refractivity contribution in [1.82, 2.24) is 25.1 Å². The van der Waals surface area contributed by atoms with Crippen LogP contribution in [0.1, 0.15) is 24.0 Å². The maximum absolute atomic E-state index is 13.7. The lowest BCUT2D eigenvalue weighted by atomic mass is 9.87. The van der Waals surface area contributed by atoms with Gasteiger partial charge in [0.2, 0.25) is 5.79 Å². The van der Waals surface area contributed by atoms with Gasteiger partial charge in [-0.25, -0.2) is 14.4 Å². The van der Waals surface area contributed by atoms with Gasteiger partial charge in [0.25, 0.3) is 0 Å². The van der Waals surface area contributed by atoms with E-state index in [1.807, 2.05) is 37.4 Å². The predicted molar refractivity (Wildman–Crippen MR) is 139 cm³/mol. The van der Waals surface area contributed by atoms with Gasteiger partial charge < -0.3 is 24.8 Å². The van der Waals surface area contributed by atoms with Gasteiger partial charge in [0.05, 0.1) is 12.8 Å². The average Bonchev–Trinajstić information content (AvgIpc) is 3.33. The Balaban J connectivity index is 1.60. The Hall–Kier alpha value is -3.40. The summed E-state index contributed by atoms with van der Waals surface area (Å²) in [4.78, 5) is 11.2. The lowest BCUT2D eigenvalue weighted by Crippen LogP contribution is -2.57. The third-order valence-corrected chi connectivity index (χ3v) is 6.95. The summed E-state index contributed by atoms with van der Waals surface area (Å²) >= 11 is 6.02. The number of likely N-dealkylation sites (N-methyl/N-ethyl adjacent to an activating group) is 1. The molecule has 0 radical (unpaired) electrons. The normalized spacial score (nSPS) is 21.5. The van der Waals surface area contributed by atoms with Crippen LogP contribution >= 0.6 is 11.6 Å². The van der Waals surface area contributed by atoms with Gasteiger partial charge in [-0.1, -0.05) is 29.8 Å². The number of nitrogens with one attached hydrogen (secondary N) is 2. The zero-order valence-electron chi connectivity index (χ0n) is 20.4. The molecule has 5 rings (SSSR count). The molecule has 0 aliphatic carbocycles. The molecule has 2 unspecified atom stereocenters. The number of hydrogen-bond donors (Lipinski definition) is 3. The van der Waals surface area contributed by atoms with Crippen LogP contribution in [0.2, 0.25) is 5.15 Å². The van der Waals surface area contributed by atoms with Crippen LogP contribution in [0.5, 0.6) is 5.75 Å². The molecule has 10 heteroatoms. The van der Waals surface area contributed by atoms with E-state index in [2.05, 4.69) is 27.4 Å². The van der Waals surface area contributed by atoms with Crippen LogP contribution in [0.25, 0.3) is 5.69 Å². The summed E-state index contributed by atoms with van der Waals surface area (Å²) in [5.41, 5.74) is 11.6. The van der Waals surface area contributed by atoms with Gasteiger partial charge >= 0.3 is 0 Å². The largest absolute Gasteiger partial charge is 0.495 e. The van der Waals surface area contributed by atoms with E-state index in [0.717, 1.165) is 40.5 Å². The number of nitrogens with zero attached hydrogens (tertiary/aromatic N) is 4. The van der Waals surface area contributed by atoms with Crippen molar-refractivity contribution in [2.75, 3.05) is 33.8 Å². The molecule has 0 saturated carbocycles. The topological polar surface area (TPSA) is 92.7 Å². The van der Waals surface area contributed by atoms with Crippen molar-refractivity contribution in [3.8, 4) is 11.4 Å². The number of halogens is 2. The first kappa shape index (κ1) is 24.3. The van der Waals surface area contributed by atoms with Crippen molar-refractivity contribution in [2.24, 2.45) is 10.7 Å². The van der Waals surface area contributed by atoms with Crippen LogP contribution < -0.4 is 21.1 Å². The van der Waals surface area contributed by atoms with E-state index in [-0.39, 0.29) is 11.7 Å². The minimum absolute atomic E-state index is 0.0395. The molecular weight excluding hydrogens is 481 g/mol. The maximum Gasteiger partial charge on any atom is 0.211 e. The number of imidazole rings is 1. The Kier molecular flexibility index (Phi) is 6.46. The highest BCUT2D eigenvalue weighted by molar-refractivity contribution is 6.29. The van der Waals surface area contributed by atoms with Crippen molar-refractivity contribution in [1.29, 1.82) is 0 Å². The second-order valence-corrected chi connectivity index (χ2v) is 9.35. The molecule has 3 heterocycles. The summed E-state index contributed by atoms with van der Waals surface area (Å²) in [5.74, 6) is -0.124.